The van der Waals surface area contributed by atoms with Gasteiger partial charge in [-0.2, -0.15) is 0 Å². The number of nitrogens with zero attached hydrogens (tertiary/aromatic N) is 6. The Hall–Kier alpha value is -4.33. The van der Waals surface area contributed by atoms with Crippen molar-refractivity contribution in [2.24, 2.45) is 0 Å². The van der Waals surface area contributed by atoms with Crippen LogP contribution in [0.4, 0.5) is 17.3 Å². The van der Waals surface area contributed by atoms with Crippen molar-refractivity contribution in [3.8, 4) is 11.3 Å². The van der Waals surface area contributed by atoms with Gasteiger partial charge in [0.2, 0.25) is 5.95 Å². The summed E-state index contributed by atoms with van der Waals surface area (Å²) in [5.41, 5.74) is 5.30. The van der Waals surface area contributed by atoms with Gasteiger partial charge in [-0.05, 0) is 55.0 Å². The third kappa shape index (κ3) is 4.71. The average molecular weight is 452 g/mol. The maximum atomic E-state index is 13.2. The van der Waals surface area contributed by atoms with E-state index in [-0.39, 0.29) is 5.91 Å². The molecule has 1 amide bonds. The number of aromatic nitrogens is 4. The van der Waals surface area contributed by atoms with Gasteiger partial charge in [0.25, 0.3) is 5.91 Å². The van der Waals surface area contributed by atoms with Gasteiger partial charge in [-0.3, -0.25) is 14.8 Å². The first kappa shape index (κ1) is 21.5. The molecule has 8 heteroatoms. The van der Waals surface area contributed by atoms with Gasteiger partial charge in [0.05, 0.1) is 5.69 Å². The summed E-state index contributed by atoms with van der Waals surface area (Å²) in [4.78, 5) is 34.6. The van der Waals surface area contributed by atoms with Crippen molar-refractivity contribution in [3.05, 3.63) is 90.6 Å². The molecule has 0 radical (unpaired) electrons. The number of carbonyl (C=O) groups excluding carboxylic acids is 1. The molecule has 1 aliphatic heterocycles. The molecule has 0 bridgehead atoms. The van der Waals surface area contributed by atoms with E-state index in [4.69, 9.17) is 0 Å². The summed E-state index contributed by atoms with van der Waals surface area (Å²) in [6.45, 7) is 4.93. The minimum Gasteiger partial charge on any atom is -0.368 e. The number of amides is 1. The standard InChI is InChI=1S/C26H25N7O/c1-19-4-5-20(25(34)33-15-13-32(14-16-33)22-6-10-27-11-7-22)17-24(19)31-26-29-12-8-23(30-26)21-3-2-9-28-18-21/h2-12,17-18H,13-16H2,1H3,(H,29,30,31). The van der Waals surface area contributed by atoms with E-state index in [0.29, 0.717) is 24.6 Å². The molecule has 0 atom stereocenters. The first-order valence-electron chi connectivity index (χ1n) is 11.2. The molecule has 0 spiro atoms. The van der Waals surface area contributed by atoms with E-state index in [9.17, 15) is 4.79 Å². The molecule has 1 fully saturated rings. The van der Waals surface area contributed by atoms with Crippen LogP contribution in [-0.2, 0) is 0 Å². The van der Waals surface area contributed by atoms with Gasteiger partial charge in [-0.1, -0.05) is 6.07 Å². The predicted octanol–water partition coefficient (Wildman–Crippen LogP) is 3.95. The number of nitrogens with one attached hydrogen (secondary N) is 1. The highest BCUT2D eigenvalue weighted by atomic mass is 16.2. The number of pyridine rings is 2. The van der Waals surface area contributed by atoms with Gasteiger partial charge < -0.3 is 15.1 Å². The Morgan fingerprint density at radius 2 is 1.74 bits per heavy atom. The van der Waals surface area contributed by atoms with Gasteiger partial charge >= 0.3 is 0 Å². The van der Waals surface area contributed by atoms with E-state index < -0.39 is 0 Å². The molecule has 170 valence electrons. The number of carbonyl (C=O) groups is 1. The van der Waals surface area contributed by atoms with Crippen LogP contribution in [0.15, 0.2) is 79.5 Å². The van der Waals surface area contributed by atoms with Gasteiger partial charge in [0.15, 0.2) is 0 Å². The van der Waals surface area contributed by atoms with E-state index in [2.05, 4.69) is 30.2 Å². The van der Waals surface area contributed by atoms with E-state index in [1.165, 1.54) is 0 Å². The van der Waals surface area contributed by atoms with Crippen LogP contribution < -0.4 is 10.2 Å². The lowest BCUT2D eigenvalue weighted by Gasteiger charge is -2.36. The zero-order valence-electron chi connectivity index (χ0n) is 18.9. The topological polar surface area (TPSA) is 87.1 Å². The minimum absolute atomic E-state index is 0.0301. The van der Waals surface area contributed by atoms with Crippen LogP contribution in [0.1, 0.15) is 15.9 Å². The second-order valence-corrected chi connectivity index (χ2v) is 8.15. The van der Waals surface area contributed by atoms with Crippen LogP contribution in [0.5, 0.6) is 0 Å². The Balaban J connectivity index is 1.29. The number of aryl methyl sites for hydroxylation is 1. The summed E-state index contributed by atoms with van der Waals surface area (Å²) < 4.78 is 0. The second-order valence-electron chi connectivity index (χ2n) is 8.15. The maximum Gasteiger partial charge on any atom is 0.254 e. The fraction of sp³-hybridized carbons (Fsp3) is 0.192. The largest absolute Gasteiger partial charge is 0.368 e. The molecule has 5 rings (SSSR count). The van der Waals surface area contributed by atoms with Crippen molar-refractivity contribution < 1.29 is 4.79 Å². The average Bonchev–Trinajstić information content (AvgIpc) is 2.91. The SMILES string of the molecule is Cc1ccc(C(=O)N2CCN(c3ccncc3)CC2)cc1Nc1nccc(-c2cccnc2)n1. The van der Waals surface area contributed by atoms with Gasteiger partial charge in [0.1, 0.15) is 0 Å². The van der Waals surface area contributed by atoms with E-state index >= 15 is 0 Å². The van der Waals surface area contributed by atoms with Gasteiger partial charge in [-0.25, -0.2) is 9.97 Å². The Labute approximate surface area is 198 Å². The van der Waals surface area contributed by atoms with Crippen molar-refractivity contribution in [1.29, 1.82) is 0 Å². The fourth-order valence-corrected chi connectivity index (χ4v) is 4.01. The van der Waals surface area contributed by atoms with E-state index in [1.807, 2.05) is 60.4 Å². The number of hydrogen-bond acceptors (Lipinski definition) is 7. The van der Waals surface area contributed by atoms with Crippen LogP contribution in [0.3, 0.4) is 0 Å². The summed E-state index contributed by atoms with van der Waals surface area (Å²) in [5, 5.41) is 3.28. The molecule has 4 aromatic rings. The smallest absolute Gasteiger partial charge is 0.254 e. The fourth-order valence-electron chi connectivity index (χ4n) is 4.01. The van der Waals surface area contributed by atoms with E-state index in [1.54, 1.807) is 31.0 Å². The molecule has 1 aliphatic rings. The first-order valence-corrected chi connectivity index (χ1v) is 11.2. The molecule has 3 aromatic heterocycles. The van der Waals surface area contributed by atoms with E-state index in [0.717, 1.165) is 41.3 Å². The lowest BCUT2D eigenvalue weighted by atomic mass is 10.1. The number of anilines is 3. The van der Waals surface area contributed by atoms with Crippen molar-refractivity contribution in [2.75, 3.05) is 36.4 Å². The van der Waals surface area contributed by atoms with Crippen molar-refractivity contribution in [3.63, 3.8) is 0 Å². The summed E-state index contributed by atoms with van der Waals surface area (Å²) >= 11 is 0. The lowest BCUT2D eigenvalue weighted by molar-refractivity contribution is 0.0747. The molecule has 0 saturated carbocycles. The van der Waals surface area contributed by atoms with Crippen molar-refractivity contribution in [2.45, 2.75) is 6.92 Å². The molecule has 1 aromatic carbocycles. The molecule has 8 nitrogen and oxygen atoms in total. The summed E-state index contributed by atoms with van der Waals surface area (Å²) in [7, 11) is 0. The molecule has 0 aliphatic carbocycles. The van der Waals surface area contributed by atoms with Gasteiger partial charge in [0, 0.05) is 79.7 Å². The normalized spacial score (nSPS) is 13.6. The van der Waals surface area contributed by atoms with Gasteiger partial charge in [-0.15, -0.1) is 0 Å². The maximum absolute atomic E-state index is 13.2. The number of piperazine rings is 1. The molecule has 34 heavy (non-hydrogen) atoms. The zero-order chi connectivity index (χ0) is 23.3. The van der Waals surface area contributed by atoms with Crippen LogP contribution in [-0.4, -0.2) is 56.9 Å². The molecular formula is C26H25N7O. The lowest BCUT2D eigenvalue weighted by Crippen LogP contribution is -2.48. The second kappa shape index (κ2) is 9.66. The zero-order valence-corrected chi connectivity index (χ0v) is 18.9. The molecule has 4 heterocycles. The van der Waals surface area contributed by atoms with Crippen molar-refractivity contribution in [1.82, 2.24) is 24.8 Å². The molecule has 1 N–H and O–H groups in total. The quantitative estimate of drug-likeness (QED) is 0.492. The van der Waals surface area contributed by atoms with Crippen LogP contribution in [0.25, 0.3) is 11.3 Å². The monoisotopic (exact) mass is 451 g/mol. The van der Waals surface area contributed by atoms with Crippen LogP contribution in [0, 0.1) is 6.92 Å². The summed E-state index contributed by atoms with van der Waals surface area (Å²) in [5.74, 6) is 0.502. The summed E-state index contributed by atoms with van der Waals surface area (Å²) in [6.07, 6.45) is 8.80. The number of benzene rings is 1. The number of rotatable bonds is 5. The van der Waals surface area contributed by atoms with Crippen LogP contribution in [0.2, 0.25) is 0 Å². The Morgan fingerprint density at radius 3 is 2.50 bits per heavy atom. The van der Waals surface area contributed by atoms with Crippen LogP contribution >= 0.6 is 0 Å². The highest BCUT2D eigenvalue weighted by Gasteiger charge is 2.23. The predicted molar refractivity (Wildman–Crippen MR) is 132 cm³/mol. The molecule has 1 saturated heterocycles. The highest BCUT2D eigenvalue weighted by molar-refractivity contribution is 5.95. The summed E-state index contributed by atoms with van der Waals surface area (Å²) in [6, 6.07) is 15.4. The Kier molecular flexibility index (Phi) is 6.11. The Bertz CT molecular complexity index is 1270. The third-order valence-corrected chi connectivity index (χ3v) is 5.94. The highest BCUT2D eigenvalue weighted by Crippen LogP contribution is 2.24. The first-order chi connectivity index (χ1) is 16.7. The minimum atomic E-state index is 0.0301. The number of hydrogen-bond donors (Lipinski definition) is 1. The third-order valence-electron chi connectivity index (χ3n) is 5.94. The molecule has 0 unspecified atom stereocenters. The van der Waals surface area contributed by atoms with Crippen molar-refractivity contribution >= 4 is 23.2 Å². The molecular weight excluding hydrogens is 426 g/mol. The Morgan fingerprint density at radius 1 is 0.912 bits per heavy atom.